The van der Waals surface area contributed by atoms with Gasteiger partial charge < -0.3 is 5.11 Å². The van der Waals surface area contributed by atoms with Crippen molar-refractivity contribution >= 4 is 17.6 Å². The minimum atomic E-state index is -0.600. The summed E-state index contributed by atoms with van der Waals surface area (Å²) in [6.07, 6.45) is 2.95. The minimum Gasteiger partial charge on any atom is -0.481 e. The summed E-state index contributed by atoms with van der Waals surface area (Å²) in [6, 6.07) is 3.99. The third-order valence-corrected chi connectivity index (χ3v) is 5.63. The largest absolute Gasteiger partial charge is 0.481 e. The van der Waals surface area contributed by atoms with E-state index in [2.05, 4.69) is 18.7 Å². The monoisotopic (exact) mass is 307 g/mol. The Labute approximate surface area is 130 Å². The molecular weight excluding hydrogens is 286 g/mol. The Kier molecular flexibility index (Phi) is 3.74. The number of benzene rings is 1. The maximum Gasteiger partial charge on any atom is 0.311 e. The van der Waals surface area contributed by atoms with Gasteiger partial charge in [-0.05, 0) is 61.4 Å². The number of rotatable bonds is 3. The van der Waals surface area contributed by atoms with Crippen molar-refractivity contribution in [2.24, 2.45) is 11.3 Å². The number of aliphatic carboxylic acids is 1. The molecule has 2 fully saturated rings. The SMILES string of the molecule is Cc1cc(Cl)cc(C)c1CN1C[C@@H]2CCC[C@@]2(C(=O)O)C1. The summed E-state index contributed by atoms with van der Waals surface area (Å²) in [5, 5.41) is 10.4. The van der Waals surface area contributed by atoms with Gasteiger partial charge in [0.1, 0.15) is 0 Å². The summed E-state index contributed by atoms with van der Waals surface area (Å²) in [4.78, 5) is 14.1. The zero-order chi connectivity index (χ0) is 15.2. The van der Waals surface area contributed by atoms with Crippen LogP contribution >= 0.6 is 11.6 Å². The topological polar surface area (TPSA) is 40.5 Å². The fourth-order valence-corrected chi connectivity index (χ4v) is 4.60. The van der Waals surface area contributed by atoms with E-state index in [1.807, 2.05) is 12.1 Å². The highest BCUT2D eigenvalue weighted by atomic mass is 35.5. The second-order valence-corrected chi connectivity index (χ2v) is 7.17. The second kappa shape index (κ2) is 5.29. The highest BCUT2D eigenvalue weighted by Gasteiger charge is 2.54. The standard InChI is InChI=1S/C17H22ClNO2/c1-11-6-14(18)7-12(2)15(11)9-19-8-13-4-3-5-17(13,10-19)16(20)21/h6-7,13H,3-5,8-10H2,1-2H3,(H,20,21)/t13-,17+/m0/s1. The normalized spacial score (nSPS) is 28.8. The van der Waals surface area contributed by atoms with Gasteiger partial charge in [-0.1, -0.05) is 18.0 Å². The molecule has 0 amide bonds. The third-order valence-electron chi connectivity index (χ3n) is 5.41. The molecule has 4 heteroatoms. The molecule has 1 aromatic carbocycles. The van der Waals surface area contributed by atoms with Crippen LogP contribution in [0.25, 0.3) is 0 Å². The van der Waals surface area contributed by atoms with E-state index in [4.69, 9.17) is 11.6 Å². The van der Waals surface area contributed by atoms with E-state index >= 15 is 0 Å². The first-order chi connectivity index (χ1) is 9.92. The number of carboxylic acid groups (broad SMARTS) is 1. The van der Waals surface area contributed by atoms with Gasteiger partial charge in [0, 0.05) is 24.7 Å². The molecule has 1 aromatic rings. The summed E-state index contributed by atoms with van der Waals surface area (Å²) in [5.74, 6) is -0.278. The number of hydrogen-bond donors (Lipinski definition) is 1. The van der Waals surface area contributed by atoms with E-state index in [9.17, 15) is 9.90 Å². The van der Waals surface area contributed by atoms with E-state index in [0.717, 1.165) is 37.4 Å². The summed E-state index contributed by atoms with van der Waals surface area (Å²) < 4.78 is 0. The highest BCUT2D eigenvalue weighted by molar-refractivity contribution is 6.30. The Hall–Kier alpha value is -1.06. The molecule has 0 spiro atoms. The average molecular weight is 308 g/mol. The van der Waals surface area contributed by atoms with Crippen molar-refractivity contribution in [3.63, 3.8) is 0 Å². The van der Waals surface area contributed by atoms with Gasteiger partial charge in [0.25, 0.3) is 0 Å². The van der Waals surface area contributed by atoms with Crippen LogP contribution in [-0.2, 0) is 11.3 Å². The molecule has 114 valence electrons. The first kappa shape index (κ1) is 14.9. The maximum atomic E-state index is 11.7. The fourth-order valence-electron chi connectivity index (χ4n) is 4.28. The molecule has 2 atom stereocenters. The Balaban J connectivity index is 1.81. The molecule has 2 aliphatic rings. The number of aryl methyl sites for hydroxylation is 2. The quantitative estimate of drug-likeness (QED) is 0.927. The Bertz CT molecular complexity index is 563. The molecule has 1 saturated heterocycles. The number of carboxylic acids is 1. The smallest absolute Gasteiger partial charge is 0.311 e. The summed E-state index contributed by atoms with van der Waals surface area (Å²) in [5.41, 5.74) is 3.19. The molecule has 1 aliphatic heterocycles. The maximum absolute atomic E-state index is 11.7. The molecule has 1 N–H and O–H groups in total. The lowest BCUT2D eigenvalue weighted by atomic mass is 9.81. The zero-order valence-electron chi connectivity index (χ0n) is 12.7. The number of fused-ring (bicyclic) bond motifs is 1. The first-order valence-corrected chi connectivity index (χ1v) is 8.01. The summed E-state index contributed by atoms with van der Waals surface area (Å²) in [6.45, 7) is 6.60. The van der Waals surface area contributed by atoms with Crippen LogP contribution in [0.3, 0.4) is 0 Å². The van der Waals surface area contributed by atoms with Gasteiger partial charge in [-0.3, -0.25) is 9.69 Å². The molecular formula is C17H22ClNO2. The van der Waals surface area contributed by atoms with Gasteiger partial charge in [-0.15, -0.1) is 0 Å². The molecule has 1 heterocycles. The molecule has 1 aliphatic carbocycles. The van der Waals surface area contributed by atoms with Crippen molar-refractivity contribution < 1.29 is 9.90 Å². The van der Waals surface area contributed by atoms with Crippen molar-refractivity contribution in [1.29, 1.82) is 0 Å². The van der Waals surface area contributed by atoms with E-state index in [1.54, 1.807) is 0 Å². The van der Waals surface area contributed by atoms with Crippen molar-refractivity contribution in [3.8, 4) is 0 Å². The van der Waals surface area contributed by atoms with Crippen LogP contribution in [0, 0.1) is 25.2 Å². The number of halogens is 1. The third kappa shape index (κ3) is 2.47. The molecule has 0 radical (unpaired) electrons. The van der Waals surface area contributed by atoms with E-state index in [1.165, 1.54) is 16.7 Å². The molecule has 21 heavy (non-hydrogen) atoms. The van der Waals surface area contributed by atoms with Crippen LogP contribution in [0.1, 0.15) is 36.0 Å². The summed E-state index contributed by atoms with van der Waals surface area (Å²) in [7, 11) is 0. The van der Waals surface area contributed by atoms with Crippen LogP contribution < -0.4 is 0 Å². The number of likely N-dealkylation sites (tertiary alicyclic amines) is 1. The van der Waals surface area contributed by atoms with Crippen LogP contribution in [0.15, 0.2) is 12.1 Å². The van der Waals surface area contributed by atoms with Gasteiger partial charge in [-0.2, -0.15) is 0 Å². The van der Waals surface area contributed by atoms with Crippen LogP contribution in [0.5, 0.6) is 0 Å². The van der Waals surface area contributed by atoms with Crippen LogP contribution in [0.4, 0.5) is 0 Å². The number of hydrogen-bond acceptors (Lipinski definition) is 2. The fraction of sp³-hybridized carbons (Fsp3) is 0.588. The summed E-state index contributed by atoms with van der Waals surface area (Å²) >= 11 is 6.09. The molecule has 3 rings (SSSR count). The molecule has 0 bridgehead atoms. The van der Waals surface area contributed by atoms with Gasteiger partial charge in [0.2, 0.25) is 0 Å². The molecule has 3 nitrogen and oxygen atoms in total. The van der Waals surface area contributed by atoms with Crippen molar-refractivity contribution in [3.05, 3.63) is 33.8 Å². The van der Waals surface area contributed by atoms with Gasteiger partial charge in [-0.25, -0.2) is 0 Å². The first-order valence-electron chi connectivity index (χ1n) is 7.64. The minimum absolute atomic E-state index is 0.322. The van der Waals surface area contributed by atoms with Crippen molar-refractivity contribution in [1.82, 2.24) is 4.90 Å². The van der Waals surface area contributed by atoms with E-state index < -0.39 is 11.4 Å². The molecule has 0 unspecified atom stereocenters. The zero-order valence-corrected chi connectivity index (χ0v) is 13.4. The molecule has 0 aromatic heterocycles. The van der Waals surface area contributed by atoms with Gasteiger partial charge in [0.15, 0.2) is 0 Å². The lowest BCUT2D eigenvalue weighted by Gasteiger charge is -2.24. The predicted octanol–water partition coefficient (Wildman–Crippen LogP) is 3.64. The van der Waals surface area contributed by atoms with E-state index in [0.29, 0.717) is 12.5 Å². The second-order valence-electron chi connectivity index (χ2n) is 6.74. The predicted molar refractivity (Wildman–Crippen MR) is 83.6 cm³/mol. The van der Waals surface area contributed by atoms with Gasteiger partial charge in [0.05, 0.1) is 5.41 Å². The van der Waals surface area contributed by atoms with Gasteiger partial charge >= 0.3 is 5.97 Å². The van der Waals surface area contributed by atoms with Crippen molar-refractivity contribution in [2.75, 3.05) is 13.1 Å². The lowest BCUT2D eigenvalue weighted by molar-refractivity contribution is -0.149. The van der Waals surface area contributed by atoms with E-state index in [-0.39, 0.29) is 0 Å². The van der Waals surface area contributed by atoms with Crippen molar-refractivity contribution in [2.45, 2.75) is 39.7 Å². The molecule has 1 saturated carbocycles. The Morgan fingerprint density at radius 2 is 2.10 bits per heavy atom. The van der Waals surface area contributed by atoms with Crippen LogP contribution in [0.2, 0.25) is 5.02 Å². The average Bonchev–Trinajstić information content (AvgIpc) is 2.90. The van der Waals surface area contributed by atoms with Crippen LogP contribution in [-0.4, -0.2) is 29.1 Å². The number of nitrogens with zero attached hydrogens (tertiary/aromatic N) is 1. The highest BCUT2D eigenvalue weighted by Crippen LogP contribution is 2.49. The number of carbonyl (C=O) groups is 1. The lowest BCUT2D eigenvalue weighted by Crippen LogP contribution is -2.35. The Morgan fingerprint density at radius 1 is 1.43 bits per heavy atom. The Morgan fingerprint density at radius 3 is 2.67 bits per heavy atom.